The zero-order valence-electron chi connectivity index (χ0n) is 9.22. The summed E-state index contributed by atoms with van der Waals surface area (Å²) in [5.74, 6) is 0. The highest BCUT2D eigenvalue weighted by molar-refractivity contribution is 6.13. The van der Waals surface area contributed by atoms with E-state index in [0.29, 0.717) is 0 Å². The Morgan fingerprint density at radius 3 is 2.13 bits per heavy atom. The maximum atomic E-state index is 8.28. The average Bonchev–Trinajstić information content (AvgIpc) is 3.06. The monoisotopic (exact) mass is 194 g/mol. The molecule has 2 aromatic rings. The Balaban J connectivity index is 1.93. The molecule has 72 valence electrons. The molecule has 1 unspecified atom stereocenters. The van der Waals surface area contributed by atoms with Crippen LogP contribution >= 0.6 is 0 Å². The maximum absolute atomic E-state index is 8.28. The van der Waals surface area contributed by atoms with Crippen LogP contribution in [0.1, 0.15) is 18.5 Å². The van der Waals surface area contributed by atoms with Crippen LogP contribution in [0.4, 0.5) is 0 Å². The molecule has 1 heteroatoms. The lowest BCUT2D eigenvalue weighted by Gasteiger charge is -1.97. The third-order valence-corrected chi connectivity index (χ3v) is 2.49. The van der Waals surface area contributed by atoms with Gasteiger partial charge >= 0.3 is 0 Å². The van der Waals surface area contributed by atoms with Crippen molar-refractivity contribution in [2.75, 3.05) is 0 Å². The smallest absolute Gasteiger partial charge is 0.118 e. The average molecular weight is 194 g/mol. The number of hydrogen-bond donors (Lipinski definition) is 0. The lowest BCUT2D eigenvalue weighted by molar-refractivity contribution is 1.13. The highest BCUT2D eigenvalue weighted by Crippen LogP contribution is 2.34. The van der Waals surface area contributed by atoms with E-state index in [1.54, 1.807) is 0 Å². The highest BCUT2D eigenvalue weighted by atomic mass is 15.0. The molecule has 0 spiro atoms. The van der Waals surface area contributed by atoms with Crippen LogP contribution in [-0.4, -0.2) is 5.71 Å². The van der Waals surface area contributed by atoms with E-state index in [1.165, 1.54) is 0 Å². The molecule has 0 saturated carbocycles. The van der Waals surface area contributed by atoms with E-state index in [2.05, 4.69) is 4.99 Å². The SMILES string of the molecule is [2H]C1(c2ccccc2)N=C1c1ccccc1. The van der Waals surface area contributed by atoms with E-state index in [0.717, 1.165) is 16.8 Å². The molecule has 0 aliphatic carbocycles. The fourth-order valence-electron chi connectivity index (χ4n) is 1.68. The van der Waals surface area contributed by atoms with Crippen molar-refractivity contribution in [1.82, 2.24) is 0 Å². The highest BCUT2D eigenvalue weighted by Gasteiger charge is 2.29. The van der Waals surface area contributed by atoms with Crippen molar-refractivity contribution < 1.29 is 1.37 Å². The van der Waals surface area contributed by atoms with Crippen LogP contribution in [0.25, 0.3) is 0 Å². The quantitative estimate of drug-likeness (QED) is 0.696. The standard InChI is InChI=1S/C14H11N/c1-3-7-11(8-4-1)13-14(15-13)12-9-5-2-6-10-12/h1-10,13H/i13D. The Kier molecular flexibility index (Phi) is 1.66. The largest absolute Gasteiger partial charge is 0.272 e. The number of nitrogens with zero attached hydrogens (tertiary/aromatic N) is 1. The summed E-state index contributed by atoms with van der Waals surface area (Å²) in [7, 11) is 0. The first-order valence-corrected chi connectivity index (χ1v) is 5.02. The normalized spacial score (nSPS) is 24.3. The first kappa shape index (κ1) is 7.41. The minimum absolute atomic E-state index is 0.845. The second-order valence-electron chi connectivity index (χ2n) is 3.54. The van der Waals surface area contributed by atoms with Crippen LogP contribution in [0.3, 0.4) is 0 Å². The van der Waals surface area contributed by atoms with Gasteiger partial charge in [-0.05, 0) is 11.1 Å². The van der Waals surface area contributed by atoms with Crippen molar-refractivity contribution in [1.29, 1.82) is 0 Å². The molecule has 1 atom stereocenters. The van der Waals surface area contributed by atoms with Crippen molar-refractivity contribution in [2.45, 2.75) is 6.02 Å². The summed E-state index contributed by atoms with van der Waals surface area (Å²) in [5, 5.41) is 0. The first-order chi connectivity index (χ1) is 7.81. The van der Waals surface area contributed by atoms with Gasteiger partial charge in [0.05, 0.1) is 7.08 Å². The lowest BCUT2D eigenvalue weighted by atomic mass is 10.0. The van der Waals surface area contributed by atoms with Crippen LogP contribution in [0.2, 0.25) is 0 Å². The Hall–Kier alpha value is -1.89. The van der Waals surface area contributed by atoms with Crippen LogP contribution in [0.15, 0.2) is 65.7 Å². The first-order valence-electron chi connectivity index (χ1n) is 5.52. The molecule has 2 aromatic carbocycles. The Morgan fingerprint density at radius 1 is 0.867 bits per heavy atom. The predicted octanol–water partition coefficient (Wildman–Crippen LogP) is 3.23. The van der Waals surface area contributed by atoms with Gasteiger partial charge in [0.2, 0.25) is 0 Å². The van der Waals surface area contributed by atoms with Gasteiger partial charge in [0, 0.05) is 0 Å². The second-order valence-corrected chi connectivity index (χ2v) is 3.54. The summed E-state index contributed by atoms with van der Waals surface area (Å²) >= 11 is 0. The van der Waals surface area contributed by atoms with Gasteiger partial charge in [0.15, 0.2) is 0 Å². The van der Waals surface area contributed by atoms with E-state index in [1.807, 2.05) is 60.7 Å². The summed E-state index contributed by atoms with van der Waals surface area (Å²) in [6, 6.07) is 18.8. The number of hydrogen-bond acceptors (Lipinski definition) is 1. The van der Waals surface area contributed by atoms with E-state index < -0.39 is 6.02 Å². The molecular formula is C14H11N. The summed E-state index contributed by atoms with van der Waals surface area (Å²) in [6.45, 7) is 0. The summed E-state index contributed by atoms with van der Waals surface area (Å²) in [4.78, 5) is 4.31. The number of rotatable bonds is 2. The summed E-state index contributed by atoms with van der Waals surface area (Å²) < 4.78 is 8.28. The van der Waals surface area contributed by atoms with Gasteiger partial charge in [-0.25, -0.2) is 0 Å². The van der Waals surface area contributed by atoms with Gasteiger partial charge < -0.3 is 0 Å². The molecule has 0 amide bonds. The fraction of sp³-hybridized carbons (Fsp3) is 0.0714. The molecule has 0 saturated heterocycles. The Morgan fingerprint density at radius 2 is 1.47 bits per heavy atom. The van der Waals surface area contributed by atoms with Gasteiger partial charge in [0.1, 0.15) is 6.02 Å². The zero-order valence-corrected chi connectivity index (χ0v) is 8.22. The van der Waals surface area contributed by atoms with E-state index in [9.17, 15) is 0 Å². The third-order valence-electron chi connectivity index (χ3n) is 2.49. The maximum Gasteiger partial charge on any atom is 0.118 e. The molecule has 0 radical (unpaired) electrons. The van der Waals surface area contributed by atoms with Crippen molar-refractivity contribution in [2.24, 2.45) is 4.99 Å². The van der Waals surface area contributed by atoms with Crippen LogP contribution in [0, 0.1) is 0 Å². The molecule has 15 heavy (non-hydrogen) atoms. The molecule has 0 fully saturated rings. The topological polar surface area (TPSA) is 12.4 Å². The van der Waals surface area contributed by atoms with Gasteiger partial charge in [-0.2, -0.15) is 0 Å². The Labute approximate surface area is 90.5 Å². The molecular weight excluding hydrogens is 182 g/mol. The van der Waals surface area contributed by atoms with Crippen molar-refractivity contribution in [3.8, 4) is 0 Å². The van der Waals surface area contributed by atoms with E-state index >= 15 is 0 Å². The van der Waals surface area contributed by atoms with Gasteiger partial charge in [-0.1, -0.05) is 60.7 Å². The Bertz CT molecular complexity index is 533. The lowest BCUT2D eigenvalue weighted by Crippen LogP contribution is -1.92. The number of benzene rings is 2. The minimum Gasteiger partial charge on any atom is -0.272 e. The van der Waals surface area contributed by atoms with Crippen LogP contribution in [-0.2, 0) is 0 Å². The zero-order chi connectivity index (χ0) is 11.0. The van der Waals surface area contributed by atoms with Gasteiger partial charge in [0.25, 0.3) is 0 Å². The second kappa shape index (κ2) is 3.35. The number of aliphatic imine (C=N–C) groups is 1. The van der Waals surface area contributed by atoms with Gasteiger partial charge in [-0.3, -0.25) is 4.99 Å². The van der Waals surface area contributed by atoms with Crippen LogP contribution in [0.5, 0.6) is 0 Å². The predicted molar refractivity (Wildman–Crippen MR) is 62.2 cm³/mol. The molecule has 3 rings (SSSR count). The third kappa shape index (κ3) is 1.57. The van der Waals surface area contributed by atoms with Crippen molar-refractivity contribution in [3.63, 3.8) is 0 Å². The molecule has 1 nitrogen and oxygen atoms in total. The molecule has 1 aliphatic rings. The van der Waals surface area contributed by atoms with Crippen molar-refractivity contribution in [3.05, 3.63) is 71.8 Å². The van der Waals surface area contributed by atoms with E-state index in [4.69, 9.17) is 1.37 Å². The van der Waals surface area contributed by atoms with Crippen molar-refractivity contribution >= 4 is 5.71 Å². The summed E-state index contributed by atoms with van der Waals surface area (Å²) in [6.07, 6.45) is 0. The molecule has 0 N–H and O–H groups in total. The van der Waals surface area contributed by atoms with Gasteiger partial charge in [-0.15, -0.1) is 0 Å². The fourth-order valence-corrected chi connectivity index (χ4v) is 1.68. The van der Waals surface area contributed by atoms with Crippen LogP contribution < -0.4 is 0 Å². The molecule has 1 aliphatic heterocycles. The molecule has 0 aromatic heterocycles. The molecule has 1 heterocycles. The minimum atomic E-state index is -0.845. The van der Waals surface area contributed by atoms with E-state index in [-0.39, 0.29) is 0 Å². The molecule has 0 bridgehead atoms. The summed E-state index contributed by atoms with van der Waals surface area (Å²) in [5.41, 5.74) is 2.84.